The van der Waals surface area contributed by atoms with Crippen LogP contribution in [0.25, 0.3) is 0 Å². The van der Waals surface area contributed by atoms with Gasteiger partial charge in [-0.2, -0.15) is 0 Å². The first kappa shape index (κ1) is 13.7. The molecule has 0 aliphatic carbocycles. The van der Waals surface area contributed by atoms with Gasteiger partial charge in [0.25, 0.3) is 0 Å². The number of thioether (sulfide) groups is 1. The smallest absolute Gasteiger partial charge is 0.243 e. The molecule has 1 fully saturated rings. The number of hydrogen-bond donors (Lipinski definition) is 0. The Hall–Kier alpha value is -2.27. The second kappa shape index (κ2) is 6.01. The van der Waals surface area contributed by atoms with Gasteiger partial charge in [-0.25, -0.2) is 4.99 Å². The molecule has 1 amide bonds. The first-order valence-corrected chi connectivity index (χ1v) is 7.50. The van der Waals surface area contributed by atoms with E-state index in [0.717, 1.165) is 17.1 Å². The van der Waals surface area contributed by atoms with Crippen LogP contribution >= 0.6 is 11.8 Å². The van der Waals surface area contributed by atoms with Crippen LogP contribution in [0.2, 0.25) is 0 Å². The third-order valence-corrected chi connectivity index (χ3v) is 4.00. The van der Waals surface area contributed by atoms with E-state index in [1.54, 1.807) is 12.0 Å². The maximum absolute atomic E-state index is 12.1. The number of amides is 1. The maximum atomic E-state index is 12.1. The van der Waals surface area contributed by atoms with E-state index in [9.17, 15) is 4.79 Å². The molecule has 0 radical (unpaired) electrons. The molecule has 2 aromatic carbocycles. The fraction of sp³-hybridized carbons (Fsp3) is 0.125. The third-order valence-electron chi connectivity index (χ3n) is 3.08. The van der Waals surface area contributed by atoms with Crippen molar-refractivity contribution in [2.45, 2.75) is 0 Å². The van der Waals surface area contributed by atoms with Gasteiger partial charge in [0.05, 0.1) is 24.2 Å². The molecular formula is C16H14N2O2S. The number of carbonyl (C=O) groups excluding carboxylic acids is 1. The van der Waals surface area contributed by atoms with Crippen LogP contribution in [0, 0.1) is 0 Å². The van der Waals surface area contributed by atoms with Gasteiger partial charge in [-0.05, 0) is 36.4 Å². The number of aliphatic imine (C=N–C) groups is 1. The lowest BCUT2D eigenvalue weighted by atomic mass is 10.3. The van der Waals surface area contributed by atoms with Crippen molar-refractivity contribution in [2.24, 2.45) is 4.99 Å². The molecule has 1 heterocycles. The summed E-state index contributed by atoms with van der Waals surface area (Å²) in [7, 11) is 1.62. The molecule has 0 bridgehead atoms. The first-order chi connectivity index (χ1) is 10.3. The summed E-state index contributed by atoms with van der Waals surface area (Å²) >= 11 is 1.45. The summed E-state index contributed by atoms with van der Waals surface area (Å²) in [5, 5.41) is 0.705. The molecule has 5 heteroatoms. The summed E-state index contributed by atoms with van der Waals surface area (Å²) in [6.07, 6.45) is 0. The zero-order valence-corrected chi connectivity index (χ0v) is 12.3. The zero-order chi connectivity index (χ0) is 14.7. The highest BCUT2D eigenvalue weighted by Gasteiger charge is 2.29. The Morgan fingerprint density at radius 1 is 1.10 bits per heavy atom. The van der Waals surface area contributed by atoms with Crippen LogP contribution in [0.15, 0.2) is 59.6 Å². The van der Waals surface area contributed by atoms with Crippen LogP contribution in [0.3, 0.4) is 0 Å². The van der Waals surface area contributed by atoms with Crippen molar-refractivity contribution in [1.82, 2.24) is 0 Å². The second-order valence-corrected chi connectivity index (χ2v) is 5.39. The molecule has 0 saturated carbocycles. The highest BCUT2D eigenvalue weighted by molar-refractivity contribution is 8.15. The Morgan fingerprint density at radius 2 is 1.81 bits per heavy atom. The van der Waals surface area contributed by atoms with Crippen LogP contribution in [0.5, 0.6) is 5.75 Å². The molecule has 0 aromatic heterocycles. The lowest BCUT2D eigenvalue weighted by molar-refractivity contribution is -0.115. The number of anilines is 1. The van der Waals surface area contributed by atoms with E-state index in [2.05, 4.69) is 4.99 Å². The Labute approximate surface area is 127 Å². The van der Waals surface area contributed by atoms with Crippen LogP contribution in [0.1, 0.15) is 0 Å². The predicted molar refractivity (Wildman–Crippen MR) is 86.5 cm³/mol. The molecular weight excluding hydrogens is 284 g/mol. The molecule has 0 atom stereocenters. The quantitative estimate of drug-likeness (QED) is 0.871. The van der Waals surface area contributed by atoms with E-state index >= 15 is 0 Å². The number of carbonyl (C=O) groups is 1. The van der Waals surface area contributed by atoms with Crippen molar-refractivity contribution in [1.29, 1.82) is 0 Å². The fourth-order valence-corrected chi connectivity index (χ4v) is 2.93. The summed E-state index contributed by atoms with van der Waals surface area (Å²) in [4.78, 5) is 18.3. The van der Waals surface area contributed by atoms with Gasteiger partial charge in [-0.15, -0.1) is 0 Å². The molecule has 21 heavy (non-hydrogen) atoms. The summed E-state index contributed by atoms with van der Waals surface area (Å²) in [6, 6.07) is 17.0. The van der Waals surface area contributed by atoms with Crippen LogP contribution < -0.4 is 9.64 Å². The number of hydrogen-bond acceptors (Lipinski definition) is 4. The van der Waals surface area contributed by atoms with Crippen LogP contribution in [-0.4, -0.2) is 23.9 Å². The Bertz CT molecular complexity index is 668. The van der Waals surface area contributed by atoms with Gasteiger partial charge >= 0.3 is 0 Å². The number of amidine groups is 1. The van der Waals surface area contributed by atoms with Gasteiger partial charge in [-0.1, -0.05) is 30.0 Å². The van der Waals surface area contributed by atoms with Crippen molar-refractivity contribution in [2.75, 3.05) is 17.8 Å². The molecule has 106 valence electrons. The van der Waals surface area contributed by atoms with Crippen molar-refractivity contribution < 1.29 is 9.53 Å². The van der Waals surface area contributed by atoms with Crippen molar-refractivity contribution >= 4 is 34.2 Å². The van der Waals surface area contributed by atoms with Crippen LogP contribution in [-0.2, 0) is 4.79 Å². The largest absolute Gasteiger partial charge is 0.497 e. The molecule has 0 unspecified atom stereocenters. The van der Waals surface area contributed by atoms with E-state index in [-0.39, 0.29) is 5.91 Å². The van der Waals surface area contributed by atoms with Gasteiger partial charge in [0.1, 0.15) is 5.75 Å². The normalized spacial score (nSPS) is 16.5. The minimum atomic E-state index is 0.0415. The van der Waals surface area contributed by atoms with Gasteiger partial charge in [0.15, 0.2) is 5.17 Å². The molecule has 4 nitrogen and oxygen atoms in total. The minimum absolute atomic E-state index is 0.0415. The number of ether oxygens (including phenoxy) is 1. The summed E-state index contributed by atoms with van der Waals surface area (Å²) in [5.41, 5.74) is 1.65. The third kappa shape index (κ3) is 2.92. The summed E-state index contributed by atoms with van der Waals surface area (Å²) in [6.45, 7) is 0. The number of nitrogens with zero attached hydrogens (tertiary/aromatic N) is 2. The summed E-state index contributed by atoms with van der Waals surface area (Å²) in [5.74, 6) is 1.22. The average molecular weight is 298 g/mol. The van der Waals surface area contributed by atoms with E-state index in [4.69, 9.17) is 4.74 Å². The molecule has 3 rings (SSSR count). The lowest BCUT2D eigenvalue weighted by Crippen LogP contribution is -2.28. The molecule has 1 aliphatic heterocycles. The molecule has 1 saturated heterocycles. The minimum Gasteiger partial charge on any atom is -0.497 e. The molecule has 0 N–H and O–H groups in total. The van der Waals surface area contributed by atoms with Crippen molar-refractivity contribution in [3.8, 4) is 5.75 Å². The van der Waals surface area contributed by atoms with E-state index < -0.39 is 0 Å². The van der Waals surface area contributed by atoms with E-state index in [1.165, 1.54) is 11.8 Å². The summed E-state index contributed by atoms with van der Waals surface area (Å²) < 4.78 is 5.14. The maximum Gasteiger partial charge on any atom is 0.243 e. The average Bonchev–Trinajstić information content (AvgIpc) is 2.89. The van der Waals surface area contributed by atoms with Gasteiger partial charge in [0.2, 0.25) is 5.91 Å². The molecule has 0 spiro atoms. The number of benzene rings is 2. The van der Waals surface area contributed by atoms with E-state index in [0.29, 0.717) is 10.9 Å². The molecule has 1 aliphatic rings. The number of methoxy groups -OCH3 is 1. The first-order valence-electron chi connectivity index (χ1n) is 6.51. The SMILES string of the molecule is COc1ccc(N2C(=O)CSC2=Nc2ccccc2)cc1. The van der Waals surface area contributed by atoms with Gasteiger partial charge in [-0.3, -0.25) is 9.69 Å². The Kier molecular flexibility index (Phi) is 3.92. The highest BCUT2D eigenvalue weighted by Crippen LogP contribution is 2.29. The zero-order valence-electron chi connectivity index (χ0n) is 11.5. The monoisotopic (exact) mass is 298 g/mol. The standard InChI is InChI=1S/C16H14N2O2S/c1-20-14-9-7-13(8-10-14)18-15(19)11-21-16(18)17-12-5-3-2-4-6-12/h2-10H,11H2,1H3. The van der Waals surface area contributed by atoms with Crippen LogP contribution in [0.4, 0.5) is 11.4 Å². The Morgan fingerprint density at radius 3 is 2.48 bits per heavy atom. The number of para-hydroxylation sites is 1. The van der Waals surface area contributed by atoms with Crippen molar-refractivity contribution in [3.63, 3.8) is 0 Å². The lowest BCUT2D eigenvalue weighted by Gasteiger charge is -2.16. The van der Waals surface area contributed by atoms with Gasteiger partial charge < -0.3 is 4.74 Å². The topological polar surface area (TPSA) is 41.9 Å². The fourth-order valence-electron chi connectivity index (χ4n) is 2.04. The predicted octanol–water partition coefficient (Wildman–Crippen LogP) is 3.46. The highest BCUT2D eigenvalue weighted by atomic mass is 32.2. The van der Waals surface area contributed by atoms with Gasteiger partial charge in [0, 0.05) is 0 Å². The number of rotatable bonds is 3. The van der Waals surface area contributed by atoms with Crippen molar-refractivity contribution in [3.05, 3.63) is 54.6 Å². The Balaban J connectivity index is 1.94. The molecule has 2 aromatic rings. The second-order valence-electron chi connectivity index (χ2n) is 4.45. The van der Waals surface area contributed by atoms with E-state index in [1.807, 2.05) is 54.6 Å².